The van der Waals surface area contributed by atoms with Gasteiger partial charge in [0, 0.05) is 49.3 Å². The molecule has 11 atom stereocenters. The normalized spacial score (nSPS) is 26.7. The van der Waals surface area contributed by atoms with E-state index in [2.05, 4.69) is 21.3 Å². The summed E-state index contributed by atoms with van der Waals surface area (Å²) in [6, 6.07) is -11.4. The lowest BCUT2D eigenvalue weighted by atomic mass is 9.93. The number of rotatable bonds is 15. The van der Waals surface area contributed by atoms with Crippen molar-refractivity contribution in [1.82, 2.24) is 55.6 Å². The number of allylic oxidation sites excluding steroid dienone is 2. The number of carbonyl (C=O) groups excluding carboxylic acids is 11. The van der Waals surface area contributed by atoms with Gasteiger partial charge in [0.25, 0.3) is 0 Å². The van der Waals surface area contributed by atoms with Gasteiger partial charge in [0.15, 0.2) is 0 Å². The van der Waals surface area contributed by atoms with Crippen LogP contribution in [0.1, 0.15) is 163 Å². The summed E-state index contributed by atoms with van der Waals surface area (Å²) in [5.74, 6) is -8.30. The Kier molecular flexibility index (Phi) is 31.4. The maximum absolute atomic E-state index is 15.1. The Hall–Kier alpha value is -6.09. The minimum absolute atomic E-state index is 0.110. The quantitative estimate of drug-likeness (QED) is 0.168. The molecule has 0 aromatic carbocycles. The van der Waals surface area contributed by atoms with Gasteiger partial charge in [-0.25, -0.2) is 0 Å². The van der Waals surface area contributed by atoms with Gasteiger partial charge in [-0.1, -0.05) is 109 Å². The Morgan fingerprint density at radius 1 is 0.429 bits per heavy atom. The van der Waals surface area contributed by atoms with Gasteiger partial charge in [-0.15, -0.1) is 0 Å². The fourth-order valence-corrected chi connectivity index (χ4v) is 10.6. The number of nitrogens with one attached hydrogen (secondary N) is 4. The predicted octanol–water partition coefficient (Wildman–Crippen LogP) is 4.30. The molecule has 0 aromatic rings. The smallest absolute Gasteiger partial charge is 0.246 e. The van der Waals surface area contributed by atoms with Crippen molar-refractivity contribution in [3.8, 4) is 0 Å². The van der Waals surface area contributed by atoms with Crippen LogP contribution < -0.4 is 21.3 Å². The van der Waals surface area contributed by atoms with Crippen molar-refractivity contribution in [3.05, 3.63) is 12.2 Å². The van der Waals surface area contributed by atoms with Crippen molar-refractivity contribution >= 4 is 65.0 Å². The second-order valence-corrected chi connectivity index (χ2v) is 26.0. The van der Waals surface area contributed by atoms with E-state index < -0.39 is 144 Å². The molecule has 0 aromatic heterocycles. The van der Waals surface area contributed by atoms with E-state index in [0.29, 0.717) is 6.42 Å². The highest BCUT2D eigenvalue weighted by Gasteiger charge is 2.44. The molecule has 0 spiro atoms. The zero-order valence-electron chi connectivity index (χ0n) is 55.7. The van der Waals surface area contributed by atoms with E-state index in [4.69, 9.17) is 0 Å². The highest BCUT2D eigenvalue weighted by atomic mass is 16.2. The Morgan fingerprint density at radius 3 is 1.27 bits per heavy atom. The molecule has 0 saturated carbocycles. The summed E-state index contributed by atoms with van der Waals surface area (Å²) in [5.41, 5.74) is 0. The lowest BCUT2D eigenvalue weighted by Gasteiger charge is -2.41. The van der Waals surface area contributed by atoms with Gasteiger partial charge in [-0.3, -0.25) is 52.7 Å². The number of nitrogens with zero attached hydrogens (tertiary/aromatic N) is 7. The third kappa shape index (κ3) is 21.8. The SMILES string of the molecule is C/C=C/CC(C)C[C@@H]1C(=O)N[C@@H](CC)C(=O)N(C)CC(=O)N(C)[C@@H](CC(C)C)C(=O)N[C@@H](C(C)C)C(=O)N(C)[C@@H](CC(C)C)C(=O)N[C@@H](C)C(=O)N[C@@H](C)C(=O)N(C)[C@@H](CC(C)C)C(=O)N(C)[C@@H](CC(C)C)C(=O)N(C)[C@@H](C(C)C)C(=O)N1C. The van der Waals surface area contributed by atoms with Crippen LogP contribution in [0, 0.1) is 41.4 Å². The molecule has 1 rings (SSSR count). The van der Waals surface area contributed by atoms with Gasteiger partial charge in [0.2, 0.25) is 65.0 Å². The van der Waals surface area contributed by atoms with E-state index in [0.717, 1.165) is 0 Å². The first-order chi connectivity index (χ1) is 38.8. The molecule has 1 unspecified atom stereocenters. The molecule has 480 valence electrons. The molecule has 1 aliphatic heterocycles. The van der Waals surface area contributed by atoms with E-state index in [1.165, 1.54) is 97.5 Å². The molecule has 84 heavy (non-hydrogen) atoms. The minimum Gasteiger partial charge on any atom is -0.343 e. The average molecular weight is 1190 g/mol. The second-order valence-electron chi connectivity index (χ2n) is 26.0. The molecule has 0 aliphatic carbocycles. The van der Waals surface area contributed by atoms with Crippen molar-refractivity contribution in [2.75, 3.05) is 55.9 Å². The molecule has 0 radical (unpaired) electrons. The first-order valence-electron chi connectivity index (χ1n) is 30.5. The predicted molar refractivity (Wildman–Crippen MR) is 327 cm³/mol. The summed E-state index contributed by atoms with van der Waals surface area (Å²) in [4.78, 5) is 169. The van der Waals surface area contributed by atoms with Gasteiger partial charge in [0.1, 0.15) is 60.4 Å². The van der Waals surface area contributed by atoms with E-state index in [1.807, 2.05) is 81.4 Å². The maximum Gasteiger partial charge on any atom is 0.246 e. The molecule has 1 aliphatic rings. The third-order valence-electron chi connectivity index (χ3n) is 15.9. The molecule has 11 amide bonds. The van der Waals surface area contributed by atoms with Crippen LogP contribution >= 0.6 is 0 Å². The summed E-state index contributed by atoms with van der Waals surface area (Å²) in [5, 5.41) is 11.1. The van der Waals surface area contributed by atoms with E-state index in [-0.39, 0.29) is 68.1 Å². The Bertz CT molecular complexity index is 2290. The zero-order chi connectivity index (χ0) is 65.1. The van der Waals surface area contributed by atoms with Crippen LogP contribution in [0.15, 0.2) is 12.2 Å². The van der Waals surface area contributed by atoms with Gasteiger partial charge >= 0.3 is 0 Å². The molecule has 0 bridgehead atoms. The van der Waals surface area contributed by atoms with Crippen molar-refractivity contribution in [2.45, 2.75) is 223 Å². The van der Waals surface area contributed by atoms with Crippen molar-refractivity contribution in [3.63, 3.8) is 0 Å². The lowest BCUT2D eigenvalue weighted by Crippen LogP contribution is -2.61. The van der Waals surface area contributed by atoms with Crippen molar-refractivity contribution in [2.24, 2.45) is 41.4 Å². The minimum atomic E-state index is -1.21. The molecular weight excluding hydrogens is 1070 g/mol. The van der Waals surface area contributed by atoms with Crippen LogP contribution in [0.3, 0.4) is 0 Å². The molecule has 22 heteroatoms. The lowest BCUT2D eigenvalue weighted by molar-refractivity contribution is -0.156. The van der Waals surface area contributed by atoms with Crippen LogP contribution in [0.5, 0.6) is 0 Å². The highest BCUT2D eigenvalue weighted by Crippen LogP contribution is 2.25. The maximum atomic E-state index is 15.1. The van der Waals surface area contributed by atoms with Gasteiger partial charge in [-0.2, -0.15) is 0 Å². The van der Waals surface area contributed by atoms with Gasteiger partial charge in [-0.05, 0) is 107 Å². The summed E-state index contributed by atoms with van der Waals surface area (Å²) in [7, 11) is 10.3. The number of hydrogen-bond acceptors (Lipinski definition) is 11. The molecule has 1 heterocycles. The number of likely N-dealkylation sites (N-methyl/N-ethyl adjacent to an activating group) is 7. The van der Waals surface area contributed by atoms with E-state index in [1.54, 1.807) is 34.6 Å². The zero-order valence-corrected chi connectivity index (χ0v) is 55.7. The Morgan fingerprint density at radius 2 is 0.821 bits per heavy atom. The van der Waals surface area contributed by atoms with Crippen molar-refractivity contribution < 1.29 is 52.7 Å². The highest BCUT2D eigenvalue weighted by molar-refractivity contribution is 5.99. The molecule has 4 N–H and O–H groups in total. The van der Waals surface area contributed by atoms with Crippen molar-refractivity contribution in [1.29, 1.82) is 0 Å². The summed E-state index contributed by atoms with van der Waals surface area (Å²) < 4.78 is 0. The third-order valence-corrected chi connectivity index (χ3v) is 15.9. The summed E-state index contributed by atoms with van der Waals surface area (Å²) in [6.07, 6.45) is 5.43. The molecule has 22 nitrogen and oxygen atoms in total. The largest absolute Gasteiger partial charge is 0.343 e. The second kappa shape index (κ2) is 34.8. The molecular formula is C62H111N11O11. The topological polar surface area (TPSA) is 259 Å². The van der Waals surface area contributed by atoms with Crippen LogP contribution in [0.2, 0.25) is 0 Å². The van der Waals surface area contributed by atoms with Crippen LogP contribution in [-0.2, 0) is 52.7 Å². The fraction of sp³-hybridized carbons (Fsp3) is 0.790. The monoisotopic (exact) mass is 1190 g/mol. The van der Waals surface area contributed by atoms with Crippen LogP contribution in [0.25, 0.3) is 0 Å². The van der Waals surface area contributed by atoms with Crippen LogP contribution in [-0.4, -0.2) is 216 Å². The molecule has 1 saturated heterocycles. The van der Waals surface area contributed by atoms with Gasteiger partial charge < -0.3 is 55.6 Å². The first-order valence-corrected chi connectivity index (χ1v) is 30.5. The first kappa shape index (κ1) is 75.9. The van der Waals surface area contributed by atoms with E-state index >= 15 is 9.59 Å². The summed E-state index contributed by atoms with van der Waals surface area (Å²) >= 11 is 0. The van der Waals surface area contributed by atoms with Crippen LogP contribution in [0.4, 0.5) is 0 Å². The Labute approximate surface area is 504 Å². The summed E-state index contributed by atoms with van der Waals surface area (Å²) in [6.45, 7) is 30.1. The number of hydrogen-bond donors (Lipinski definition) is 4. The number of amides is 11. The standard InChI is InChI=1S/C62H111N11O11/c1-25-27-28-41(15)33-47-55(77)65-44(26-2)58(80)67(18)34-50(74)68(19)45(29-35(3)4)56(78)66-51(39(11)12)61(83)69(20)46(30-36(5)6)54(76)63-42(16)53(75)64-43(17)57(79)71(22)48(31-37(7)8)59(81)72(23)49(32-38(9)10)60(82)73(24)52(40(13)14)62(84)70(47)21/h25,27,35-49,51-52H,26,28-34H2,1-24H3,(H,63,76)(H,64,75)(H,65,77)(H,66,78)/b27-25+/t41?,42-,43-,44-,45-,46-,47+,48-,49-,51-,52-/m0/s1. The average Bonchev–Trinajstić information content (AvgIpc) is 2.64. The molecule has 1 fully saturated rings. The van der Waals surface area contributed by atoms with Gasteiger partial charge in [0.05, 0.1) is 6.54 Å². The number of carbonyl (C=O) groups is 11. The fourth-order valence-electron chi connectivity index (χ4n) is 10.6. The Balaban J connectivity index is 4.27. The van der Waals surface area contributed by atoms with E-state index in [9.17, 15) is 43.2 Å².